The molecule has 6 heteroatoms. The van der Waals surface area contributed by atoms with Crippen LogP contribution in [0.3, 0.4) is 0 Å². The van der Waals surface area contributed by atoms with E-state index in [2.05, 4.69) is 15.3 Å². The van der Waals surface area contributed by atoms with E-state index in [-0.39, 0.29) is 11.2 Å². The number of amides is 1. The van der Waals surface area contributed by atoms with Gasteiger partial charge in [0.15, 0.2) is 0 Å². The summed E-state index contributed by atoms with van der Waals surface area (Å²) in [5.74, 6) is 1.09. The molecule has 1 amide bonds. The second-order valence-corrected chi connectivity index (χ2v) is 4.45. The average molecular weight is 292 g/mol. The number of methoxy groups -OCH3 is 1. The van der Waals surface area contributed by atoms with Gasteiger partial charge in [0, 0.05) is 12.6 Å². The maximum Gasteiger partial charge on any atom is 0.225 e. The van der Waals surface area contributed by atoms with E-state index in [4.69, 9.17) is 16.3 Å². The molecule has 0 radical (unpaired) electrons. The van der Waals surface area contributed by atoms with Crippen LogP contribution < -0.4 is 10.1 Å². The number of benzene rings is 1. The van der Waals surface area contributed by atoms with Gasteiger partial charge >= 0.3 is 0 Å². The minimum Gasteiger partial charge on any atom is -0.497 e. The molecule has 2 rings (SSSR count). The molecule has 0 aliphatic rings. The number of hydrogen-bond donors (Lipinski definition) is 1. The van der Waals surface area contributed by atoms with Crippen molar-refractivity contribution in [2.24, 2.45) is 0 Å². The number of halogens is 1. The van der Waals surface area contributed by atoms with E-state index in [9.17, 15) is 4.79 Å². The molecule has 0 spiro atoms. The van der Waals surface area contributed by atoms with E-state index >= 15 is 0 Å². The molecule has 0 aliphatic heterocycles. The van der Waals surface area contributed by atoms with Crippen LogP contribution in [-0.2, 0) is 11.2 Å². The second kappa shape index (κ2) is 6.86. The highest BCUT2D eigenvalue weighted by atomic mass is 35.5. The summed E-state index contributed by atoms with van der Waals surface area (Å²) < 4.78 is 5.08. The molecule has 2 aromatic rings. The summed E-state index contributed by atoms with van der Waals surface area (Å²) in [7, 11) is 1.62. The highest BCUT2D eigenvalue weighted by Crippen LogP contribution is 2.13. The summed E-state index contributed by atoms with van der Waals surface area (Å²) in [6.07, 6.45) is 2.51. The summed E-state index contributed by atoms with van der Waals surface area (Å²) >= 11 is 5.64. The molecule has 0 aliphatic carbocycles. The van der Waals surface area contributed by atoms with Crippen molar-refractivity contribution in [1.29, 1.82) is 0 Å². The lowest BCUT2D eigenvalue weighted by molar-refractivity contribution is -0.116. The maximum atomic E-state index is 11.8. The Morgan fingerprint density at radius 1 is 1.30 bits per heavy atom. The van der Waals surface area contributed by atoms with Gasteiger partial charge in [0.05, 0.1) is 7.11 Å². The van der Waals surface area contributed by atoms with Crippen molar-refractivity contribution >= 4 is 23.3 Å². The molecular weight excluding hydrogens is 278 g/mol. The largest absolute Gasteiger partial charge is 0.497 e. The lowest BCUT2D eigenvalue weighted by atomic mass is 10.1. The van der Waals surface area contributed by atoms with Gasteiger partial charge < -0.3 is 10.1 Å². The van der Waals surface area contributed by atoms with Crippen LogP contribution in [0.5, 0.6) is 5.75 Å². The molecule has 1 aromatic heterocycles. The minimum absolute atomic E-state index is 0.109. The van der Waals surface area contributed by atoms with Gasteiger partial charge in [0.2, 0.25) is 11.2 Å². The monoisotopic (exact) mass is 291 g/mol. The van der Waals surface area contributed by atoms with E-state index in [1.807, 2.05) is 24.3 Å². The van der Waals surface area contributed by atoms with Crippen molar-refractivity contribution < 1.29 is 9.53 Å². The van der Waals surface area contributed by atoms with Gasteiger partial charge in [-0.2, -0.15) is 0 Å². The predicted octanol–water partition coefficient (Wildman–Crippen LogP) is 2.71. The zero-order chi connectivity index (χ0) is 14.4. The third-order valence-electron chi connectivity index (χ3n) is 2.69. The molecular formula is C14H14ClN3O2. The highest BCUT2D eigenvalue weighted by Gasteiger charge is 2.05. The summed E-state index contributed by atoms with van der Waals surface area (Å²) in [5, 5.41) is 2.79. The Balaban J connectivity index is 1.85. The van der Waals surface area contributed by atoms with Crippen LogP contribution in [0.1, 0.15) is 12.0 Å². The number of nitrogens with zero attached hydrogens (tertiary/aromatic N) is 2. The Bertz CT molecular complexity index is 587. The first kappa shape index (κ1) is 14.3. The first-order valence-electron chi connectivity index (χ1n) is 6.08. The lowest BCUT2D eigenvalue weighted by Crippen LogP contribution is -2.13. The fraction of sp³-hybridized carbons (Fsp3) is 0.214. The first-order valence-corrected chi connectivity index (χ1v) is 6.46. The Hall–Kier alpha value is -2.14. The van der Waals surface area contributed by atoms with Crippen LogP contribution >= 0.6 is 11.6 Å². The van der Waals surface area contributed by atoms with Gasteiger partial charge in [-0.25, -0.2) is 9.97 Å². The summed E-state index contributed by atoms with van der Waals surface area (Å²) in [6.45, 7) is 0. The number of ether oxygens (including phenoxy) is 1. The lowest BCUT2D eigenvalue weighted by Gasteiger charge is -2.05. The smallest absolute Gasteiger partial charge is 0.225 e. The van der Waals surface area contributed by atoms with Crippen molar-refractivity contribution in [3.63, 3.8) is 0 Å². The number of nitrogens with one attached hydrogen (secondary N) is 1. The summed E-state index contributed by atoms with van der Waals surface area (Å²) in [4.78, 5) is 19.4. The summed E-state index contributed by atoms with van der Waals surface area (Å²) in [6, 6.07) is 9.22. The third kappa shape index (κ3) is 4.20. The molecule has 0 atom stereocenters. The molecule has 1 heterocycles. The van der Waals surface area contributed by atoms with E-state index < -0.39 is 0 Å². The van der Waals surface area contributed by atoms with Crippen LogP contribution in [0.2, 0.25) is 5.28 Å². The minimum atomic E-state index is -0.115. The highest BCUT2D eigenvalue weighted by molar-refractivity contribution is 6.28. The van der Waals surface area contributed by atoms with E-state index in [0.717, 1.165) is 11.3 Å². The molecule has 0 saturated heterocycles. The topological polar surface area (TPSA) is 64.1 Å². The second-order valence-electron chi connectivity index (χ2n) is 4.11. The van der Waals surface area contributed by atoms with Crippen LogP contribution in [0, 0.1) is 0 Å². The van der Waals surface area contributed by atoms with Crippen molar-refractivity contribution in [3.8, 4) is 5.75 Å². The SMILES string of the molecule is COc1ccc(CCC(=O)Nc2ccnc(Cl)n2)cc1. The fourth-order valence-electron chi connectivity index (χ4n) is 1.66. The number of carbonyl (C=O) groups is 1. The molecule has 1 N–H and O–H groups in total. The predicted molar refractivity (Wildman–Crippen MR) is 77.0 cm³/mol. The van der Waals surface area contributed by atoms with E-state index in [1.54, 1.807) is 13.2 Å². The number of hydrogen-bond acceptors (Lipinski definition) is 4. The number of anilines is 1. The quantitative estimate of drug-likeness (QED) is 0.860. The number of aryl methyl sites for hydroxylation is 1. The van der Waals surface area contributed by atoms with Crippen molar-refractivity contribution in [3.05, 3.63) is 47.4 Å². The van der Waals surface area contributed by atoms with Gasteiger partial charge in [-0.1, -0.05) is 12.1 Å². The van der Waals surface area contributed by atoms with Gasteiger partial charge in [-0.3, -0.25) is 4.79 Å². The normalized spacial score (nSPS) is 10.1. The number of rotatable bonds is 5. The molecule has 5 nitrogen and oxygen atoms in total. The number of carbonyl (C=O) groups excluding carboxylic acids is 1. The van der Waals surface area contributed by atoms with Crippen LogP contribution in [0.15, 0.2) is 36.5 Å². The molecule has 20 heavy (non-hydrogen) atoms. The summed E-state index contributed by atoms with van der Waals surface area (Å²) in [5.41, 5.74) is 1.07. The Morgan fingerprint density at radius 3 is 2.70 bits per heavy atom. The van der Waals surface area contributed by atoms with Gasteiger partial charge in [-0.05, 0) is 41.8 Å². The van der Waals surface area contributed by atoms with Crippen LogP contribution in [0.4, 0.5) is 5.82 Å². The zero-order valence-electron chi connectivity index (χ0n) is 11.0. The van der Waals surface area contributed by atoms with Crippen molar-refractivity contribution in [1.82, 2.24) is 9.97 Å². The standard InChI is InChI=1S/C14H14ClN3O2/c1-20-11-5-2-10(3-6-11)4-7-13(19)17-12-8-9-16-14(15)18-12/h2-3,5-6,8-9H,4,7H2,1H3,(H,16,17,18,19). The third-order valence-corrected chi connectivity index (χ3v) is 2.88. The Kier molecular flexibility index (Phi) is 4.90. The van der Waals surface area contributed by atoms with Crippen LogP contribution in [-0.4, -0.2) is 23.0 Å². The van der Waals surface area contributed by atoms with Crippen molar-refractivity contribution in [2.45, 2.75) is 12.8 Å². The first-order chi connectivity index (χ1) is 9.67. The van der Waals surface area contributed by atoms with Crippen molar-refractivity contribution in [2.75, 3.05) is 12.4 Å². The van der Waals surface area contributed by atoms with E-state index in [1.165, 1.54) is 6.20 Å². The Labute approximate surface area is 122 Å². The van der Waals surface area contributed by atoms with Gasteiger partial charge in [0.25, 0.3) is 0 Å². The average Bonchev–Trinajstić information content (AvgIpc) is 2.46. The number of aromatic nitrogens is 2. The molecule has 0 bridgehead atoms. The molecule has 1 aromatic carbocycles. The fourth-order valence-corrected chi connectivity index (χ4v) is 1.81. The molecule has 0 fully saturated rings. The molecule has 104 valence electrons. The van der Waals surface area contributed by atoms with E-state index in [0.29, 0.717) is 18.7 Å². The molecule has 0 unspecified atom stereocenters. The van der Waals surface area contributed by atoms with Crippen LogP contribution in [0.25, 0.3) is 0 Å². The molecule has 0 saturated carbocycles. The maximum absolute atomic E-state index is 11.8. The van der Waals surface area contributed by atoms with Gasteiger partial charge in [0.1, 0.15) is 11.6 Å². The Morgan fingerprint density at radius 2 is 2.05 bits per heavy atom. The van der Waals surface area contributed by atoms with Gasteiger partial charge in [-0.15, -0.1) is 0 Å². The zero-order valence-corrected chi connectivity index (χ0v) is 11.7.